The number of aliphatic hydroxyl groups excluding tert-OH is 2. The minimum absolute atomic E-state index is 0.166. The number of rotatable bonds is 8. The van der Waals surface area contributed by atoms with Crippen LogP contribution < -0.4 is 9.21 Å². The molecule has 1 aliphatic carbocycles. The van der Waals surface area contributed by atoms with Gasteiger partial charge in [-0.05, 0) is 25.0 Å². The van der Waals surface area contributed by atoms with E-state index in [1.54, 1.807) is 30.7 Å². The Balaban J connectivity index is 1.70. The van der Waals surface area contributed by atoms with Crippen LogP contribution in [0.15, 0.2) is 30.7 Å². The Morgan fingerprint density at radius 2 is 1.88 bits per heavy atom. The maximum Gasteiger partial charge on any atom is 0.233 e. The van der Waals surface area contributed by atoms with E-state index in [0.717, 1.165) is 47.3 Å². The second kappa shape index (κ2) is 9.98. The highest BCUT2D eigenvalue weighted by Gasteiger charge is 2.26. The molecule has 0 bridgehead atoms. The highest BCUT2D eigenvalue weighted by atomic mass is 32.2. The molecule has 1 saturated carbocycles. The molecule has 1 atom stereocenters. The lowest BCUT2D eigenvalue weighted by Gasteiger charge is -2.31. The van der Waals surface area contributed by atoms with Gasteiger partial charge in [0.05, 0.1) is 49.0 Å². The van der Waals surface area contributed by atoms with Crippen molar-refractivity contribution in [3.05, 3.63) is 30.7 Å². The molecule has 3 N–H and O–H groups in total. The van der Waals surface area contributed by atoms with Crippen LogP contribution in [0.25, 0.3) is 11.0 Å². The molecule has 0 saturated heterocycles. The number of pyridine rings is 1. The number of sulfonamides is 1. The van der Waals surface area contributed by atoms with Crippen molar-refractivity contribution in [2.24, 2.45) is 0 Å². The van der Waals surface area contributed by atoms with Gasteiger partial charge in [0.15, 0.2) is 5.65 Å². The van der Waals surface area contributed by atoms with Crippen molar-refractivity contribution in [3.63, 3.8) is 0 Å². The number of fused-ring (bicyclic) bond motifs is 1. The Bertz CT molecular complexity index is 1160. The molecule has 0 radical (unpaired) electrons. The fourth-order valence-corrected chi connectivity index (χ4v) is 5.06. The molecule has 11 nitrogen and oxygen atoms in total. The Morgan fingerprint density at radius 1 is 1.12 bits per heavy atom. The Kier molecular flexibility index (Phi) is 7.05. The van der Waals surface area contributed by atoms with Gasteiger partial charge in [-0.2, -0.15) is 10.1 Å². The van der Waals surface area contributed by atoms with Crippen molar-refractivity contribution in [2.45, 2.75) is 50.7 Å². The zero-order valence-electron chi connectivity index (χ0n) is 18.5. The van der Waals surface area contributed by atoms with Gasteiger partial charge in [0.25, 0.3) is 0 Å². The molecular formula is C21H29N7O4S. The Morgan fingerprint density at radius 3 is 2.52 bits per heavy atom. The number of nitrogens with one attached hydrogen (secondary N) is 1. The molecule has 3 aromatic heterocycles. The first kappa shape index (κ1) is 23.3. The maximum atomic E-state index is 12.3. The summed E-state index contributed by atoms with van der Waals surface area (Å²) in [7, 11) is -3.70. The third-order valence-corrected chi connectivity index (χ3v) is 6.97. The van der Waals surface area contributed by atoms with Crippen LogP contribution in [0.4, 0.5) is 17.5 Å². The van der Waals surface area contributed by atoms with Gasteiger partial charge in [-0.3, -0.25) is 9.40 Å². The molecule has 33 heavy (non-hydrogen) atoms. The molecule has 1 unspecified atom stereocenters. The molecule has 1 fully saturated rings. The van der Waals surface area contributed by atoms with Gasteiger partial charge in [-0.15, -0.1) is 0 Å². The van der Waals surface area contributed by atoms with Crippen molar-refractivity contribution >= 4 is 38.5 Å². The number of aromatic amines is 1. The van der Waals surface area contributed by atoms with Crippen LogP contribution in [0.3, 0.4) is 0 Å². The van der Waals surface area contributed by atoms with Crippen LogP contribution >= 0.6 is 0 Å². The zero-order chi connectivity index (χ0) is 23.4. The lowest BCUT2D eigenvalue weighted by atomic mass is 10.1. The van der Waals surface area contributed by atoms with Crippen molar-refractivity contribution in [3.8, 4) is 0 Å². The van der Waals surface area contributed by atoms with Gasteiger partial charge in [-0.25, -0.2) is 18.4 Å². The standard InChI is InChI=1S/C21H29N7O4S/c1-33(31,32)27(13-18(30)14-29)19-9-8-17(12-22-19)28(16-6-4-2-3-5-7-16)21-23-10-15-11-24-26-20(15)25-21/h8-12,16,18,29-30H,2-7,13-14H2,1H3,(H,23,24,25,26). The SMILES string of the molecule is CS(=O)(=O)N(CC(O)CO)c1ccc(N(c2ncc3cn[nH]c3n2)C2CCCCCC2)cn1. The van der Waals surface area contributed by atoms with Gasteiger partial charge in [0.2, 0.25) is 16.0 Å². The Labute approximate surface area is 192 Å². The van der Waals surface area contributed by atoms with Crippen LogP contribution in [0.1, 0.15) is 38.5 Å². The van der Waals surface area contributed by atoms with E-state index in [-0.39, 0.29) is 18.4 Å². The molecule has 0 amide bonds. The molecular weight excluding hydrogens is 446 g/mol. The number of H-pyrrole nitrogens is 1. The van der Waals surface area contributed by atoms with Gasteiger partial charge >= 0.3 is 0 Å². The smallest absolute Gasteiger partial charge is 0.233 e. The van der Waals surface area contributed by atoms with Gasteiger partial charge in [0, 0.05) is 12.2 Å². The monoisotopic (exact) mass is 475 g/mol. The molecule has 0 aliphatic heterocycles. The molecule has 178 valence electrons. The normalized spacial score (nSPS) is 16.5. The summed E-state index contributed by atoms with van der Waals surface area (Å²) in [5.74, 6) is 0.698. The lowest BCUT2D eigenvalue weighted by molar-refractivity contribution is 0.102. The number of aromatic nitrogens is 5. The minimum Gasteiger partial charge on any atom is -0.394 e. The first-order valence-electron chi connectivity index (χ1n) is 11.0. The van der Waals surface area contributed by atoms with Crippen LogP contribution in [0.5, 0.6) is 0 Å². The van der Waals surface area contributed by atoms with Gasteiger partial charge in [-0.1, -0.05) is 25.7 Å². The predicted molar refractivity (Wildman–Crippen MR) is 125 cm³/mol. The van der Waals surface area contributed by atoms with E-state index in [4.69, 9.17) is 5.11 Å². The van der Waals surface area contributed by atoms with E-state index in [0.29, 0.717) is 11.6 Å². The van der Waals surface area contributed by atoms with Crippen molar-refractivity contribution in [1.82, 2.24) is 25.1 Å². The third kappa shape index (κ3) is 5.40. The highest BCUT2D eigenvalue weighted by molar-refractivity contribution is 7.92. The minimum atomic E-state index is -3.70. The predicted octanol–water partition coefficient (Wildman–Crippen LogP) is 1.73. The average molecular weight is 476 g/mol. The fourth-order valence-electron chi connectivity index (χ4n) is 4.17. The van der Waals surface area contributed by atoms with Crippen LogP contribution in [-0.4, -0.2) is 75.3 Å². The fraction of sp³-hybridized carbons (Fsp3) is 0.524. The molecule has 1 aliphatic rings. The summed E-state index contributed by atoms with van der Waals surface area (Å²) < 4.78 is 25.5. The highest BCUT2D eigenvalue weighted by Crippen LogP contribution is 2.32. The van der Waals surface area contributed by atoms with E-state index in [1.807, 2.05) is 0 Å². The number of hydrogen-bond acceptors (Lipinski definition) is 9. The van der Waals surface area contributed by atoms with E-state index in [2.05, 4.69) is 30.0 Å². The first-order valence-corrected chi connectivity index (χ1v) is 12.9. The molecule has 0 spiro atoms. The molecule has 0 aromatic carbocycles. The molecule has 4 rings (SSSR count). The summed E-state index contributed by atoms with van der Waals surface area (Å²) in [4.78, 5) is 15.7. The van der Waals surface area contributed by atoms with E-state index >= 15 is 0 Å². The summed E-state index contributed by atoms with van der Waals surface area (Å²) in [6.45, 7) is -0.833. The molecule has 3 aromatic rings. The van der Waals surface area contributed by atoms with E-state index in [1.165, 1.54) is 12.8 Å². The maximum absolute atomic E-state index is 12.3. The summed E-state index contributed by atoms with van der Waals surface area (Å²) >= 11 is 0. The molecule has 3 heterocycles. The van der Waals surface area contributed by atoms with Crippen molar-refractivity contribution in [2.75, 3.05) is 28.6 Å². The second-order valence-corrected chi connectivity index (χ2v) is 10.3. The quantitative estimate of drug-likeness (QED) is 0.414. The van der Waals surface area contributed by atoms with E-state index in [9.17, 15) is 13.5 Å². The number of anilines is 3. The van der Waals surface area contributed by atoms with Crippen LogP contribution in [-0.2, 0) is 10.0 Å². The number of aliphatic hydroxyl groups is 2. The van der Waals surface area contributed by atoms with Crippen molar-refractivity contribution in [1.29, 1.82) is 0 Å². The second-order valence-electron chi connectivity index (χ2n) is 8.36. The molecule has 12 heteroatoms. The number of nitrogens with zero attached hydrogens (tertiary/aromatic N) is 6. The summed E-state index contributed by atoms with van der Waals surface area (Å²) in [5, 5.41) is 26.7. The van der Waals surface area contributed by atoms with E-state index < -0.39 is 22.7 Å². The number of hydrogen-bond donors (Lipinski definition) is 3. The summed E-state index contributed by atoms with van der Waals surface area (Å²) in [6, 6.07) is 3.57. The average Bonchev–Trinajstić information content (AvgIpc) is 3.11. The lowest BCUT2D eigenvalue weighted by Crippen LogP contribution is -2.39. The third-order valence-electron chi connectivity index (χ3n) is 5.84. The van der Waals surface area contributed by atoms with Crippen LogP contribution in [0, 0.1) is 0 Å². The first-order chi connectivity index (χ1) is 15.9. The van der Waals surface area contributed by atoms with Gasteiger partial charge in [0.1, 0.15) is 5.82 Å². The topological polar surface area (TPSA) is 148 Å². The summed E-state index contributed by atoms with van der Waals surface area (Å²) in [6.07, 6.45) is 11.4. The van der Waals surface area contributed by atoms with Crippen LogP contribution in [0.2, 0.25) is 0 Å². The van der Waals surface area contributed by atoms with Gasteiger partial charge < -0.3 is 15.1 Å². The summed E-state index contributed by atoms with van der Waals surface area (Å²) in [5.41, 5.74) is 1.39. The zero-order valence-corrected chi connectivity index (χ0v) is 19.3. The Hall–Kier alpha value is -2.83. The van der Waals surface area contributed by atoms with Crippen molar-refractivity contribution < 1.29 is 18.6 Å². The largest absolute Gasteiger partial charge is 0.394 e.